The van der Waals surface area contributed by atoms with Crippen LogP contribution in [0.5, 0.6) is 0 Å². The third kappa shape index (κ3) is 3.55. The SMILES string of the molecule is CCN(C(C)COC)S(=O)(=O)c1cc(CN)sc1C. The van der Waals surface area contributed by atoms with Gasteiger partial charge in [0.2, 0.25) is 10.0 Å². The summed E-state index contributed by atoms with van der Waals surface area (Å²) in [5, 5.41) is 0. The van der Waals surface area contributed by atoms with Crippen LogP contribution in [0, 0.1) is 6.92 Å². The molecule has 1 unspecified atom stereocenters. The van der Waals surface area contributed by atoms with Crippen LogP contribution in [0.25, 0.3) is 0 Å². The molecule has 1 heterocycles. The summed E-state index contributed by atoms with van der Waals surface area (Å²) >= 11 is 1.43. The van der Waals surface area contributed by atoms with Crippen molar-refractivity contribution >= 4 is 21.4 Å². The maximum atomic E-state index is 12.7. The predicted molar refractivity (Wildman–Crippen MR) is 77.9 cm³/mol. The number of thiophene rings is 1. The molecular weight excluding hydrogens is 284 g/mol. The molecule has 110 valence electrons. The highest BCUT2D eigenvalue weighted by molar-refractivity contribution is 7.89. The Hall–Kier alpha value is -0.470. The van der Waals surface area contributed by atoms with Gasteiger partial charge in [-0.2, -0.15) is 4.31 Å². The Morgan fingerprint density at radius 1 is 1.53 bits per heavy atom. The first kappa shape index (κ1) is 16.6. The van der Waals surface area contributed by atoms with Gasteiger partial charge < -0.3 is 10.5 Å². The molecule has 7 heteroatoms. The molecule has 0 aliphatic heterocycles. The molecular formula is C12H22N2O3S2. The predicted octanol–water partition coefficient (Wildman–Crippen LogP) is 1.56. The lowest BCUT2D eigenvalue weighted by atomic mass is 10.4. The average Bonchev–Trinajstić information content (AvgIpc) is 2.72. The fourth-order valence-corrected chi connectivity index (χ4v) is 5.16. The van der Waals surface area contributed by atoms with E-state index >= 15 is 0 Å². The van der Waals surface area contributed by atoms with Gasteiger partial charge in [0.15, 0.2) is 0 Å². The number of rotatable bonds is 7. The molecule has 1 atom stereocenters. The van der Waals surface area contributed by atoms with Crippen LogP contribution in [0.15, 0.2) is 11.0 Å². The van der Waals surface area contributed by atoms with E-state index in [1.165, 1.54) is 15.6 Å². The number of sulfonamides is 1. The first-order valence-electron chi connectivity index (χ1n) is 6.18. The van der Waals surface area contributed by atoms with Crippen molar-refractivity contribution in [2.75, 3.05) is 20.3 Å². The summed E-state index contributed by atoms with van der Waals surface area (Å²) in [7, 11) is -1.92. The monoisotopic (exact) mass is 306 g/mol. The van der Waals surface area contributed by atoms with Crippen LogP contribution in [-0.4, -0.2) is 39.0 Å². The Morgan fingerprint density at radius 2 is 2.16 bits per heavy atom. The van der Waals surface area contributed by atoms with Crippen molar-refractivity contribution in [1.82, 2.24) is 4.31 Å². The number of nitrogens with zero attached hydrogens (tertiary/aromatic N) is 1. The lowest BCUT2D eigenvalue weighted by Gasteiger charge is -2.26. The first-order chi connectivity index (χ1) is 8.88. The van der Waals surface area contributed by atoms with E-state index in [1.54, 1.807) is 13.2 Å². The zero-order chi connectivity index (χ0) is 14.6. The topological polar surface area (TPSA) is 72.6 Å². The molecule has 0 bridgehead atoms. The summed E-state index contributed by atoms with van der Waals surface area (Å²) in [6.45, 7) is 6.64. The smallest absolute Gasteiger partial charge is 0.244 e. The second-order valence-corrected chi connectivity index (χ2v) is 7.55. The average molecular weight is 306 g/mol. The molecule has 1 rings (SSSR count). The Kier molecular flexibility index (Phi) is 5.94. The maximum absolute atomic E-state index is 12.7. The summed E-state index contributed by atoms with van der Waals surface area (Å²) in [6, 6.07) is 1.48. The number of aryl methyl sites for hydroxylation is 1. The van der Waals surface area contributed by atoms with Crippen LogP contribution < -0.4 is 5.73 Å². The second kappa shape index (κ2) is 6.81. The number of likely N-dealkylation sites (N-methyl/N-ethyl adjacent to an activating group) is 1. The number of hydrogen-bond acceptors (Lipinski definition) is 5. The van der Waals surface area contributed by atoms with Crippen molar-refractivity contribution in [1.29, 1.82) is 0 Å². The lowest BCUT2D eigenvalue weighted by Crippen LogP contribution is -2.40. The van der Waals surface area contributed by atoms with E-state index in [9.17, 15) is 8.42 Å². The summed E-state index contributed by atoms with van der Waals surface area (Å²) in [4.78, 5) is 2.03. The highest BCUT2D eigenvalue weighted by atomic mass is 32.2. The van der Waals surface area contributed by atoms with Crippen molar-refractivity contribution in [2.24, 2.45) is 5.73 Å². The number of hydrogen-bond donors (Lipinski definition) is 1. The molecule has 0 aliphatic rings. The van der Waals surface area contributed by atoms with Crippen molar-refractivity contribution < 1.29 is 13.2 Å². The van der Waals surface area contributed by atoms with E-state index in [2.05, 4.69) is 0 Å². The third-order valence-corrected chi connectivity index (χ3v) is 6.34. The van der Waals surface area contributed by atoms with E-state index in [1.807, 2.05) is 20.8 Å². The fraction of sp³-hybridized carbons (Fsp3) is 0.667. The minimum atomic E-state index is -3.48. The number of ether oxygens (including phenoxy) is 1. The van der Waals surface area contributed by atoms with Gasteiger partial charge in [0.25, 0.3) is 0 Å². The lowest BCUT2D eigenvalue weighted by molar-refractivity contribution is 0.142. The minimum Gasteiger partial charge on any atom is -0.383 e. The minimum absolute atomic E-state index is 0.194. The molecule has 1 aromatic heterocycles. The first-order valence-corrected chi connectivity index (χ1v) is 8.44. The van der Waals surface area contributed by atoms with E-state index in [0.29, 0.717) is 24.6 Å². The van der Waals surface area contributed by atoms with Crippen LogP contribution in [0.4, 0.5) is 0 Å². The van der Waals surface area contributed by atoms with Crippen LogP contribution in [0.2, 0.25) is 0 Å². The van der Waals surface area contributed by atoms with E-state index in [0.717, 1.165) is 9.75 Å². The van der Waals surface area contributed by atoms with Crippen LogP contribution in [0.3, 0.4) is 0 Å². The maximum Gasteiger partial charge on any atom is 0.244 e. The molecule has 5 nitrogen and oxygen atoms in total. The van der Waals surface area contributed by atoms with Gasteiger partial charge in [-0.05, 0) is 19.9 Å². The van der Waals surface area contributed by atoms with Gasteiger partial charge in [-0.3, -0.25) is 0 Å². The Morgan fingerprint density at radius 3 is 2.58 bits per heavy atom. The van der Waals surface area contributed by atoms with Gasteiger partial charge in [0, 0.05) is 36.0 Å². The van der Waals surface area contributed by atoms with Crippen molar-refractivity contribution in [3.05, 3.63) is 15.8 Å². The van der Waals surface area contributed by atoms with Gasteiger partial charge in [-0.1, -0.05) is 6.92 Å². The van der Waals surface area contributed by atoms with Crippen molar-refractivity contribution in [3.63, 3.8) is 0 Å². The van der Waals surface area contributed by atoms with Gasteiger partial charge in [0.05, 0.1) is 11.5 Å². The van der Waals surface area contributed by atoms with Gasteiger partial charge >= 0.3 is 0 Å². The molecule has 0 saturated heterocycles. The summed E-state index contributed by atoms with van der Waals surface area (Å²) in [5.41, 5.74) is 5.57. The molecule has 0 aromatic carbocycles. The number of nitrogens with two attached hydrogens (primary N) is 1. The summed E-state index contributed by atoms with van der Waals surface area (Å²) in [6.07, 6.45) is 0. The molecule has 0 aliphatic carbocycles. The van der Waals surface area contributed by atoms with E-state index in [-0.39, 0.29) is 6.04 Å². The molecule has 0 saturated carbocycles. The zero-order valence-electron chi connectivity index (χ0n) is 11.8. The Balaban J connectivity index is 3.16. The molecule has 0 amide bonds. The molecule has 19 heavy (non-hydrogen) atoms. The Bertz CT molecular complexity index is 511. The van der Waals surface area contributed by atoms with E-state index < -0.39 is 10.0 Å². The quantitative estimate of drug-likeness (QED) is 0.830. The molecule has 0 spiro atoms. The van der Waals surface area contributed by atoms with E-state index in [4.69, 9.17) is 10.5 Å². The largest absolute Gasteiger partial charge is 0.383 e. The second-order valence-electron chi connectivity index (χ2n) is 4.35. The highest BCUT2D eigenvalue weighted by Gasteiger charge is 2.30. The molecule has 0 fully saturated rings. The number of methoxy groups -OCH3 is 1. The van der Waals surface area contributed by atoms with Crippen molar-refractivity contribution in [3.8, 4) is 0 Å². The summed E-state index contributed by atoms with van der Waals surface area (Å²) < 4.78 is 31.8. The highest BCUT2D eigenvalue weighted by Crippen LogP contribution is 2.28. The Labute approximate surface area is 119 Å². The van der Waals surface area contributed by atoms with Crippen LogP contribution in [0.1, 0.15) is 23.6 Å². The van der Waals surface area contributed by atoms with Gasteiger partial charge in [0.1, 0.15) is 0 Å². The normalized spacial score (nSPS) is 14.0. The van der Waals surface area contributed by atoms with Crippen LogP contribution >= 0.6 is 11.3 Å². The summed E-state index contributed by atoms with van der Waals surface area (Å²) in [5.74, 6) is 0. The molecule has 1 aromatic rings. The molecule has 0 radical (unpaired) electrons. The standard InChI is InChI=1S/C12H22N2O3S2/c1-5-14(9(2)8-17-4)19(15,16)12-6-11(7-13)18-10(12)3/h6,9H,5,7-8,13H2,1-4H3. The fourth-order valence-electron chi connectivity index (χ4n) is 2.05. The van der Waals surface area contributed by atoms with Gasteiger partial charge in [-0.25, -0.2) is 8.42 Å². The van der Waals surface area contributed by atoms with Gasteiger partial charge in [-0.15, -0.1) is 11.3 Å². The zero-order valence-corrected chi connectivity index (χ0v) is 13.5. The van der Waals surface area contributed by atoms with Crippen molar-refractivity contribution in [2.45, 2.75) is 38.3 Å². The van der Waals surface area contributed by atoms with Crippen LogP contribution in [-0.2, 0) is 21.3 Å². The third-order valence-electron chi connectivity index (χ3n) is 2.92. The molecule has 2 N–H and O–H groups in total.